The van der Waals surface area contributed by atoms with Crippen LogP contribution in [0.1, 0.15) is 54.1 Å². The Morgan fingerprint density at radius 3 is 2.53 bits per heavy atom. The summed E-state index contributed by atoms with van der Waals surface area (Å²) in [5.41, 5.74) is 4.22. The second-order valence-corrected chi connectivity index (χ2v) is 5.43. The normalized spacial score (nSPS) is 12.8. The van der Waals surface area contributed by atoms with Gasteiger partial charge in [-0.3, -0.25) is 0 Å². The zero-order valence-corrected chi connectivity index (χ0v) is 11.6. The molecule has 15 heavy (non-hydrogen) atoms. The number of benzene rings is 1. The lowest BCUT2D eigenvalue weighted by molar-refractivity contribution is 0.662. The van der Waals surface area contributed by atoms with Crippen molar-refractivity contribution in [1.29, 1.82) is 0 Å². The molecule has 0 spiro atoms. The second-order valence-electron chi connectivity index (χ2n) is 4.32. The van der Waals surface area contributed by atoms with Crippen LogP contribution in [0.2, 0.25) is 0 Å². The van der Waals surface area contributed by atoms with E-state index in [2.05, 4.69) is 54.9 Å². The van der Waals surface area contributed by atoms with Crippen molar-refractivity contribution in [3.8, 4) is 0 Å². The maximum atomic E-state index is 3.79. The van der Waals surface area contributed by atoms with Crippen LogP contribution in [0.5, 0.6) is 0 Å². The van der Waals surface area contributed by atoms with Crippen LogP contribution in [-0.4, -0.2) is 0 Å². The van der Waals surface area contributed by atoms with Crippen molar-refractivity contribution in [2.75, 3.05) is 0 Å². The van der Waals surface area contributed by atoms with E-state index >= 15 is 0 Å². The minimum absolute atomic E-state index is 0.532. The van der Waals surface area contributed by atoms with E-state index in [1.165, 1.54) is 42.4 Å². The summed E-state index contributed by atoms with van der Waals surface area (Å²) in [6, 6.07) is 6.73. The van der Waals surface area contributed by atoms with Gasteiger partial charge in [0.15, 0.2) is 0 Å². The van der Waals surface area contributed by atoms with E-state index in [0.29, 0.717) is 4.83 Å². The molecule has 0 nitrogen and oxygen atoms in total. The molecular weight excluding hydrogens is 248 g/mol. The summed E-state index contributed by atoms with van der Waals surface area (Å²) < 4.78 is 0. The lowest BCUT2D eigenvalue weighted by Gasteiger charge is -2.13. The molecule has 0 aliphatic heterocycles. The second kappa shape index (κ2) is 6.32. The van der Waals surface area contributed by atoms with Crippen LogP contribution in [0.3, 0.4) is 0 Å². The molecule has 0 amide bonds. The Kier molecular flexibility index (Phi) is 5.38. The fourth-order valence-electron chi connectivity index (χ4n) is 1.91. The minimum atomic E-state index is 0.532. The molecule has 1 heteroatoms. The fourth-order valence-corrected chi connectivity index (χ4v) is 2.74. The van der Waals surface area contributed by atoms with E-state index in [4.69, 9.17) is 0 Å². The van der Waals surface area contributed by atoms with E-state index in [1.54, 1.807) is 0 Å². The molecule has 0 N–H and O–H groups in total. The van der Waals surface area contributed by atoms with Gasteiger partial charge in [0.2, 0.25) is 0 Å². The van der Waals surface area contributed by atoms with Gasteiger partial charge in [0.25, 0.3) is 0 Å². The molecule has 0 radical (unpaired) electrons. The Hall–Kier alpha value is -0.300. The first-order chi connectivity index (χ1) is 7.15. The predicted molar refractivity (Wildman–Crippen MR) is 71.7 cm³/mol. The molecule has 0 heterocycles. The number of hydrogen-bond acceptors (Lipinski definition) is 0. The summed E-state index contributed by atoms with van der Waals surface area (Å²) in [5, 5.41) is 0. The zero-order chi connectivity index (χ0) is 11.3. The van der Waals surface area contributed by atoms with Gasteiger partial charge in [-0.1, -0.05) is 65.9 Å². The molecule has 1 aromatic carbocycles. The number of unbranched alkanes of at least 4 members (excludes halogenated alkanes) is 2. The molecule has 84 valence electrons. The summed E-state index contributed by atoms with van der Waals surface area (Å²) in [6.07, 6.45) is 5.21. The first-order valence-corrected chi connectivity index (χ1v) is 6.78. The number of rotatable bonds is 5. The van der Waals surface area contributed by atoms with Crippen LogP contribution in [0.15, 0.2) is 18.2 Å². The summed E-state index contributed by atoms with van der Waals surface area (Å²) in [6.45, 7) is 6.61. The highest BCUT2D eigenvalue weighted by atomic mass is 79.9. The largest absolute Gasteiger partial charge is 0.0839 e. The summed E-state index contributed by atoms with van der Waals surface area (Å²) in [5.74, 6) is 0. The molecule has 0 saturated heterocycles. The molecule has 1 rings (SSSR count). The first-order valence-electron chi connectivity index (χ1n) is 5.86. The van der Waals surface area contributed by atoms with Crippen LogP contribution in [-0.2, 0) is 0 Å². The van der Waals surface area contributed by atoms with Crippen molar-refractivity contribution >= 4 is 15.9 Å². The molecule has 1 aromatic rings. The van der Waals surface area contributed by atoms with Gasteiger partial charge < -0.3 is 0 Å². The molecule has 0 aliphatic rings. The Bertz CT molecular complexity index is 304. The van der Waals surface area contributed by atoms with E-state index < -0.39 is 0 Å². The van der Waals surface area contributed by atoms with Crippen molar-refractivity contribution in [3.05, 3.63) is 34.9 Å². The third-order valence-electron chi connectivity index (χ3n) is 2.82. The number of hydrogen-bond donors (Lipinski definition) is 0. The van der Waals surface area contributed by atoms with Crippen LogP contribution >= 0.6 is 15.9 Å². The highest BCUT2D eigenvalue weighted by Gasteiger charge is 2.09. The van der Waals surface area contributed by atoms with Gasteiger partial charge in [-0.25, -0.2) is 0 Å². The number of halogens is 1. The Morgan fingerprint density at radius 2 is 1.93 bits per heavy atom. The molecule has 0 aromatic heterocycles. The smallest absolute Gasteiger partial charge is 0.0397 e. The predicted octanol–water partition coefficient (Wildman–Crippen LogP) is 5.32. The maximum Gasteiger partial charge on any atom is 0.0397 e. The topological polar surface area (TPSA) is 0 Å². The average Bonchev–Trinajstić information content (AvgIpc) is 2.17. The number of alkyl halides is 1. The first kappa shape index (κ1) is 12.8. The summed E-state index contributed by atoms with van der Waals surface area (Å²) in [7, 11) is 0. The summed E-state index contributed by atoms with van der Waals surface area (Å²) in [4.78, 5) is 0.532. The van der Waals surface area contributed by atoms with E-state index in [9.17, 15) is 0 Å². The fraction of sp³-hybridized carbons (Fsp3) is 0.571. The van der Waals surface area contributed by atoms with Crippen molar-refractivity contribution in [3.63, 3.8) is 0 Å². The van der Waals surface area contributed by atoms with Gasteiger partial charge in [-0.15, -0.1) is 0 Å². The van der Waals surface area contributed by atoms with E-state index in [0.717, 1.165) is 0 Å². The molecule has 0 bridgehead atoms. The zero-order valence-electron chi connectivity index (χ0n) is 10.0. The minimum Gasteiger partial charge on any atom is -0.0839 e. The van der Waals surface area contributed by atoms with Crippen LogP contribution in [0.4, 0.5) is 0 Å². The molecular formula is C14H21Br. The van der Waals surface area contributed by atoms with Gasteiger partial charge >= 0.3 is 0 Å². The third-order valence-corrected chi connectivity index (χ3v) is 3.77. The van der Waals surface area contributed by atoms with Crippen molar-refractivity contribution in [2.45, 2.75) is 51.3 Å². The van der Waals surface area contributed by atoms with E-state index in [-0.39, 0.29) is 0 Å². The van der Waals surface area contributed by atoms with Gasteiger partial charge in [0, 0.05) is 4.83 Å². The lowest BCUT2D eigenvalue weighted by atomic mass is 10.00. The Morgan fingerprint density at radius 1 is 1.20 bits per heavy atom. The van der Waals surface area contributed by atoms with Gasteiger partial charge in [-0.05, 0) is 31.4 Å². The highest BCUT2D eigenvalue weighted by molar-refractivity contribution is 9.09. The molecule has 1 unspecified atom stereocenters. The van der Waals surface area contributed by atoms with Crippen molar-refractivity contribution < 1.29 is 0 Å². The van der Waals surface area contributed by atoms with Gasteiger partial charge in [0.1, 0.15) is 0 Å². The lowest BCUT2D eigenvalue weighted by Crippen LogP contribution is -1.94. The summed E-state index contributed by atoms with van der Waals surface area (Å²) >= 11 is 3.79. The average molecular weight is 269 g/mol. The standard InChI is InChI=1S/C14H21Br/c1-4-5-6-7-14(15)13-9-8-11(2)10-12(13)3/h8-10,14H,4-7H2,1-3H3. The monoisotopic (exact) mass is 268 g/mol. The highest BCUT2D eigenvalue weighted by Crippen LogP contribution is 2.31. The molecule has 0 fully saturated rings. The Labute approximate surface area is 102 Å². The van der Waals surface area contributed by atoms with Crippen LogP contribution in [0.25, 0.3) is 0 Å². The SMILES string of the molecule is CCCCCC(Br)c1ccc(C)cc1C. The van der Waals surface area contributed by atoms with Crippen molar-refractivity contribution in [1.82, 2.24) is 0 Å². The number of aryl methyl sites for hydroxylation is 2. The van der Waals surface area contributed by atoms with Crippen LogP contribution < -0.4 is 0 Å². The van der Waals surface area contributed by atoms with Gasteiger partial charge in [-0.2, -0.15) is 0 Å². The molecule has 0 saturated carbocycles. The molecule has 1 atom stereocenters. The maximum absolute atomic E-state index is 3.79. The molecule has 0 aliphatic carbocycles. The van der Waals surface area contributed by atoms with Gasteiger partial charge in [0.05, 0.1) is 0 Å². The third kappa shape index (κ3) is 3.98. The van der Waals surface area contributed by atoms with E-state index in [1.807, 2.05) is 0 Å². The van der Waals surface area contributed by atoms with Crippen LogP contribution in [0, 0.1) is 13.8 Å². The quantitative estimate of drug-likeness (QED) is 0.501. The Balaban J connectivity index is 2.61. The van der Waals surface area contributed by atoms with Crippen molar-refractivity contribution in [2.24, 2.45) is 0 Å².